The van der Waals surface area contributed by atoms with Gasteiger partial charge in [0, 0.05) is 6.54 Å². The molecule has 15 heavy (non-hydrogen) atoms. The first-order chi connectivity index (χ1) is 7.22. The maximum Gasteiger partial charge on any atom is 0.179 e. The molecule has 1 aliphatic carbocycles. The molecule has 2 N–H and O–H groups in total. The van der Waals surface area contributed by atoms with E-state index in [2.05, 4.69) is 15.9 Å². The average Bonchev–Trinajstić information content (AvgIpc) is 3.04. The standard InChI is InChI=1S/C11H13BrFNO/c12-10-8(5-14)3-4-9(11(10)13)15-6-7-1-2-7/h3-4,7H,1-2,5-6,14H2. The molecule has 0 amide bonds. The number of benzene rings is 1. The summed E-state index contributed by atoms with van der Waals surface area (Å²) in [6.07, 6.45) is 2.40. The number of ether oxygens (including phenoxy) is 1. The van der Waals surface area contributed by atoms with E-state index in [1.807, 2.05) is 0 Å². The van der Waals surface area contributed by atoms with Gasteiger partial charge in [-0.05, 0) is 46.3 Å². The highest BCUT2D eigenvalue weighted by Crippen LogP contribution is 2.32. The normalized spacial score (nSPS) is 15.4. The van der Waals surface area contributed by atoms with Gasteiger partial charge in [0.25, 0.3) is 0 Å². The Bertz CT molecular complexity index is 366. The summed E-state index contributed by atoms with van der Waals surface area (Å²) in [5.41, 5.74) is 6.22. The number of nitrogens with two attached hydrogens (primary N) is 1. The molecule has 0 saturated heterocycles. The van der Waals surface area contributed by atoms with Crippen LogP contribution in [0.2, 0.25) is 0 Å². The van der Waals surface area contributed by atoms with Gasteiger partial charge < -0.3 is 10.5 Å². The maximum absolute atomic E-state index is 13.7. The van der Waals surface area contributed by atoms with Crippen molar-refractivity contribution in [1.29, 1.82) is 0 Å². The van der Waals surface area contributed by atoms with Gasteiger partial charge in [0.15, 0.2) is 11.6 Å². The quantitative estimate of drug-likeness (QED) is 0.916. The summed E-state index contributed by atoms with van der Waals surface area (Å²) >= 11 is 3.18. The molecule has 0 atom stereocenters. The van der Waals surface area contributed by atoms with Crippen molar-refractivity contribution in [2.75, 3.05) is 6.61 Å². The molecule has 82 valence electrons. The van der Waals surface area contributed by atoms with Gasteiger partial charge in [-0.2, -0.15) is 0 Å². The maximum atomic E-state index is 13.7. The lowest BCUT2D eigenvalue weighted by atomic mass is 10.2. The summed E-state index contributed by atoms with van der Waals surface area (Å²) < 4.78 is 19.5. The monoisotopic (exact) mass is 273 g/mol. The number of hydrogen-bond acceptors (Lipinski definition) is 2. The molecule has 0 bridgehead atoms. The van der Waals surface area contributed by atoms with Crippen molar-refractivity contribution in [3.05, 3.63) is 28.0 Å². The largest absolute Gasteiger partial charge is 0.490 e. The molecule has 1 aromatic carbocycles. The van der Waals surface area contributed by atoms with E-state index in [0.717, 1.165) is 5.56 Å². The van der Waals surface area contributed by atoms with E-state index in [1.54, 1.807) is 12.1 Å². The summed E-state index contributed by atoms with van der Waals surface area (Å²) in [6.45, 7) is 0.936. The Morgan fingerprint density at radius 1 is 1.47 bits per heavy atom. The van der Waals surface area contributed by atoms with Gasteiger partial charge >= 0.3 is 0 Å². The van der Waals surface area contributed by atoms with Crippen LogP contribution >= 0.6 is 15.9 Å². The van der Waals surface area contributed by atoms with Gasteiger partial charge in [-0.3, -0.25) is 0 Å². The number of halogens is 2. The zero-order valence-electron chi connectivity index (χ0n) is 8.30. The minimum Gasteiger partial charge on any atom is -0.490 e. The molecule has 1 aromatic rings. The van der Waals surface area contributed by atoms with E-state index < -0.39 is 0 Å². The summed E-state index contributed by atoms with van der Waals surface area (Å²) in [6, 6.07) is 3.43. The van der Waals surface area contributed by atoms with Crippen LogP contribution in [0.4, 0.5) is 4.39 Å². The Kier molecular flexibility index (Phi) is 3.26. The van der Waals surface area contributed by atoms with Crippen LogP contribution in [0.15, 0.2) is 16.6 Å². The predicted molar refractivity (Wildman–Crippen MR) is 60.2 cm³/mol. The first-order valence-electron chi connectivity index (χ1n) is 5.02. The SMILES string of the molecule is NCc1ccc(OCC2CC2)c(F)c1Br. The van der Waals surface area contributed by atoms with E-state index in [9.17, 15) is 4.39 Å². The average molecular weight is 274 g/mol. The lowest BCUT2D eigenvalue weighted by molar-refractivity contribution is 0.284. The molecule has 2 rings (SSSR count). The molecule has 0 unspecified atom stereocenters. The van der Waals surface area contributed by atoms with Crippen molar-refractivity contribution in [1.82, 2.24) is 0 Å². The molecule has 1 saturated carbocycles. The fraction of sp³-hybridized carbons (Fsp3) is 0.455. The van der Waals surface area contributed by atoms with E-state index >= 15 is 0 Å². The second-order valence-corrected chi connectivity index (χ2v) is 4.60. The highest BCUT2D eigenvalue weighted by Gasteiger charge is 2.23. The minimum absolute atomic E-state index is 0.311. The smallest absolute Gasteiger partial charge is 0.179 e. The summed E-state index contributed by atoms with van der Waals surface area (Å²) in [4.78, 5) is 0. The molecule has 0 aromatic heterocycles. The zero-order valence-corrected chi connectivity index (χ0v) is 9.89. The van der Waals surface area contributed by atoms with Crippen molar-refractivity contribution < 1.29 is 9.13 Å². The van der Waals surface area contributed by atoms with E-state index in [1.165, 1.54) is 12.8 Å². The summed E-state index contributed by atoms with van der Waals surface area (Å²) in [5.74, 6) is 0.585. The molecule has 1 aliphatic rings. The number of hydrogen-bond donors (Lipinski definition) is 1. The highest BCUT2D eigenvalue weighted by molar-refractivity contribution is 9.10. The minimum atomic E-state index is -0.349. The van der Waals surface area contributed by atoms with Crippen LogP contribution in [0.3, 0.4) is 0 Å². The Hall–Kier alpha value is -0.610. The van der Waals surface area contributed by atoms with Gasteiger partial charge in [0.1, 0.15) is 0 Å². The Morgan fingerprint density at radius 2 is 2.20 bits per heavy atom. The molecule has 2 nitrogen and oxygen atoms in total. The second kappa shape index (κ2) is 4.49. The Labute approximate surface area is 96.7 Å². The van der Waals surface area contributed by atoms with E-state index in [0.29, 0.717) is 29.3 Å². The first-order valence-corrected chi connectivity index (χ1v) is 5.81. The van der Waals surface area contributed by atoms with Crippen LogP contribution in [0.25, 0.3) is 0 Å². The predicted octanol–water partition coefficient (Wildman–Crippen LogP) is 2.84. The third-order valence-corrected chi connectivity index (χ3v) is 3.38. The van der Waals surface area contributed by atoms with Crippen molar-refractivity contribution >= 4 is 15.9 Å². The lowest BCUT2D eigenvalue weighted by Gasteiger charge is -2.09. The van der Waals surface area contributed by atoms with Crippen LogP contribution in [-0.2, 0) is 6.54 Å². The van der Waals surface area contributed by atoms with Gasteiger partial charge in [0.2, 0.25) is 0 Å². The fourth-order valence-electron chi connectivity index (χ4n) is 1.33. The van der Waals surface area contributed by atoms with Gasteiger partial charge in [0.05, 0.1) is 11.1 Å². The third-order valence-electron chi connectivity index (χ3n) is 2.52. The van der Waals surface area contributed by atoms with E-state index in [-0.39, 0.29) is 5.82 Å². The van der Waals surface area contributed by atoms with E-state index in [4.69, 9.17) is 10.5 Å². The molecule has 0 radical (unpaired) electrons. The van der Waals surface area contributed by atoms with Crippen molar-refractivity contribution in [2.24, 2.45) is 11.7 Å². The van der Waals surface area contributed by atoms with Crippen LogP contribution in [0, 0.1) is 11.7 Å². The van der Waals surface area contributed by atoms with Crippen LogP contribution in [0.5, 0.6) is 5.75 Å². The Balaban J connectivity index is 2.12. The molecule has 0 heterocycles. The molecule has 0 spiro atoms. The molecular weight excluding hydrogens is 261 g/mol. The Morgan fingerprint density at radius 3 is 2.80 bits per heavy atom. The third kappa shape index (κ3) is 2.49. The topological polar surface area (TPSA) is 35.2 Å². The highest BCUT2D eigenvalue weighted by atomic mass is 79.9. The van der Waals surface area contributed by atoms with Gasteiger partial charge in [-0.15, -0.1) is 0 Å². The summed E-state index contributed by atoms with van der Waals surface area (Å²) in [7, 11) is 0. The molecule has 0 aliphatic heterocycles. The van der Waals surface area contributed by atoms with Gasteiger partial charge in [-0.25, -0.2) is 4.39 Å². The van der Waals surface area contributed by atoms with Crippen molar-refractivity contribution in [3.8, 4) is 5.75 Å². The molecule has 4 heteroatoms. The van der Waals surface area contributed by atoms with Crippen LogP contribution in [-0.4, -0.2) is 6.61 Å². The molecular formula is C11H13BrFNO. The van der Waals surface area contributed by atoms with Crippen LogP contribution in [0.1, 0.15) is 18.4 Å². The summed E-state index contributed by atoms with van der Waals surface area (Å²) in [5, 5.41) is 0. The fourth-order valence-corrected chi connectivity index (χ4v) is 1.82. The number of rotatable bonds is 4. The van der Waals surface area contributed by atoms with Gasteiger partial charge in [-0.1, -0.05) is 6.07 Å². The van der Waals surface area contributed by atoms with Crippen LogP contribution < -0.4 is 10.5 Å². The lowest BCUT2D eigenvalue weighted by Crippen LogP contribution is -2.04. The van der Waals surface area contributed by atoms with Crippen molar-refractivity contribution in [2.45, 2.75) is 19.4 Å². The second-order valence-electron chi connectivity index (χ2n) is 3.81. The van der Waals surface area contributed by atoms with Crippen molar-refractivity contribution in [3.63, 3.8) is 0 Å². The first kappa shape index (κ1) is 10.9. The molecule has 1 fully saturated rings. The zero-order chi connectivity index (χ0) is 10.8.